The lowest BCUT2D eigenvalue weighted by Gasteiger charge is -2.19. The zero-order chi connectivity index (χ0) is 16.2. The molecule has 0 aliphatic rings. The van der Waals surface area contributed by atoms with E-state index >= 15 is 0 Å². The number of ether oxygens (including phenoxy) is 1. The Labute approximate surface area is 118 Å². The van der Waals surface area contributed by atoms with Gasteiger partial charge in [-0.2, -0.15) is 13.2 Å². The molecule has 0 saturated carbocycles. The van der Waals surface area contributed by atoms with Crippen LogP contribution in [0.15, 0.2) is 18.2 Å². The third-order valence-corrected chi connectivity index (χ3v) is 2.70. The number of halogens is 4. The fraction of sp³-hybridized carbons (Fsp3) is 0.462. The van der Waals surface area contributed by atoms with Crippen LogP contribution in [0.1, 0.15) is 30.6 Å². The number of carbonyl (C=O) groups is 1. The highest BCUT2D eigenvalue weighted by Gasteiger charge is 2.36. The van der Waals surface area contributed by atoms with Crippen LogP contribution in [0, 0.1) is 5.82 Å². The number of aliphatic hydroxyl groups is 2. The summed E-state index contributed by atoms with van der Waals surface area (Å²) in [5.41, 5.74) is -2.29. The monoisotopic (exact) mass is 310 g/mol. The van der Waals surface area contributed by atoms with Crippen molar-refractivity contribution in [1.29, 1.82) is 0 Å². The molecule has 118 valence electrons. The highest BCUT2D eigenvalue weighted by atomic mass is 19.4. The molecule has 1 aromatic rings. The van der Waals surface area contributed by atoms with Gasteiger partial charge in [-0.25, -0.2) is 4.39 Å². The average Bonchev–Trinajstić information content (AvgIpc) is 2.37. The van der Waals surface area contributed by atoms with Crippen LogP contribution in [-0.4, -0.2) is 28.9 Å². The molecule has 0 radical (unpaired) electrons. The second-order valence-electron chi connectivity index (χ2n) is 4.23. The van der Waals surface area contributed by atoms with Crippen molar-refractivity contribution in [2.45, 2.75) is 31.7 Å². The number of hydrogen-bond acceptors (Lipinski definition) is 4. The summed E-state index contributed by atoms with van der Waals surface area (Å²) >= 11 is 0. The molecule has 2 unspecified atom stereocenters. The lowest BCUT2D eigenvalue weighted by molar-refractivity contribution is -0.147. The minimum Gasteiger partial charge on any atom is -0.466 e. The van der Waals surface area contributed by atoms with E-state index in [1.165, 1.54) is 6.92 Å². The van der Waals surface area contributed by atoms with E-state index in [1.807, 2.05) is 0 Å². The molecule has 1 aromatic carbocycles. The molecule has 0 aromatic heterocycles. The molecule has 0 fully saturated rings. The lowest BCUT2D eigenvalue weighted by Crippen LogP contribution is -2.24. The summed E-state index contributed by atoms with van der Waals surface area (Å²) in [6.07, 6.45) is -9.34. The summed E-state index contributed by atoms with van der Waals surface area (Å²) in [6, 6.07) is 2.33. The molecular formula is C13H14F4O4. The standard InChI is InChI=1S/C13H14F4O4/c1-2-21-10(19)6-9(18)12(20)7-4-3-5-8(11(7)14)13(15,16)17/h3-5,9,12,18,20H,2,6H2,1H3. The van der Waals surface area contributed by atoms with E-state index in [0.29, 0.717) is 6.07 Å². The van der Waals surface area contributed by atoms with Crippen molar-refractivity contribution in [2.75, 3.05) is 6.61 Å². The zero-order valence-electron chi connectivity index (χ0n) is 11.0. The van der Waals surface area contributed by atoms with Crippen LogP contribution in [0.5, 0.6) is 0 Å². The van der Waals surface area contributed by atoms with Crippen molar-refractivity contribution in [3.63, 3.8) is 0 Å². The van der Waals surface area contributed by atoms with Crippen LogP contribution in [-0.2, 0) is 15.7 Å². The van der Waals surface area contributed by atoms with Crippen molar-refractivity contribution in [3.05, 3.63) is 35.1 Å². The molecule has 0 aliphatic heterocycles. The Morgan fingerprint density at radius 2 is 1.95 bits per heavy atom. The minimum atomic E-state index is -4.92. The van der Waals surface area contributed by atoms with Gasteiger partial charge >= 0.3 is 12.1 Å². The molecule has 2 atom stereocenters. The topological polar surface area (TPSA) is 66.8 Å². The maximum absolute atomic E-state index is 13.8. The molecule has 8 heteroatoms. The molecular weight excluding hydrogens is 296 g/mol. The van der Waals surface area contributed by atoms with Gasteiger partial charge in [0.1, 0.15) is 11.9 Å². The summed E-state index contributed by atoms with van der Waals surface area (Å²) < 4.78 is 55.9. The van der Waals surface area contributed by atoms with Crippen molar-refractivity contribution in [3.8, 4) is 0 Å². The lowest BCUT2D eigenvalue weighted by atomic mass is 9.99. The Balaban J connectivity index is 2.97. The molecule has 0 amide bonds. The molecule has 0 bridgehead atoms. The number of carbonyl (C=O) groups excluding carboxylic acids is 1. The maximum Gasteiger partial charge on any atom is 0.419 e. The largest absolute Gasteiger partial charge is 0.466 e. The van der Waals surface area contributed by atoms with E-state index in [0.717, 1.165) is 12.1 Å². The van der Waals surface area contributed by atoms with Gasteiger partial charge in [0.15, 0.2) is 0 Å². The van der Waals surface area contributed by atoms with Gasteiger partial charge in [-0.15, -0.1) is 0 Å². The predicted molar refractivity (Wildman–Crippen MR) is 63.6 cm³/mol. The number of hydrogen-bond donors (Lipinski definition) is 2. The van der Waals surface area contributed by atoms with Gasteiger partial charge in [0.2, 0.25) is 0 Å². The van der Waals surface area contributed by atoms with Crippen LogP contribution in [0.4, 0.5) is 17.6 Å². The van der Waals surface area contributed by atoms with Crippen molar-refractivity contribution in [2.24, 2.45) is 0 Å². The predicted octanol–water partition coefficient (Wildman–Crippen LogP) is 2.19. The zero-order valence-corrected chi connectivity index (χ0v) is 11.0. The molecule has 0 aliphatic carbocycles. The first-order valence-electron chi connectivity index (χ1n) is 6.05. The van der Waals surface area contributed by atoms with Gasteiger partial charge in [-0.05, 0) is 13.0 Å². The van der Waals surface area contributed by atoms with Crippen LogP contribution < -0.4 is 0 Å². The summed E-state index contributed by atoms with van der Waals surface area (Å²) in [4.78, 5) is 11.1. The first kappa shape index (κ1) is 17.4. The van der Waals surface area contributed by atoms with Gasteiger partial charge in [0.25, 0.3) is 0 Å². The highest BCUT2D eigenvalue weighted by Crippen LogP contribution is 2.34. The maximum atomic E-state index is 13.8. The molecule has 2 N–H and O–H groups in total. The molecule has 4 nitrogen and oxygen atoms in total. The third-order valence-electron chi connectivity index (χ3n) is 2.70. The van der Waals surface area contributed by atoms with Crippen molar-refractivity contribution >= 4 is 5.97 Å². The Bertz CT molecular complexity index is 501. The Kier molecular flexibility index (Phi) is 5.68. The Hall–Kier alpha value is -1.67. The summed E-state index contributed by atoms with van der Waals surface area (Å²) in [5, 5.41) is 19.3. The number of aliphatic hydroxyl groups excluding tert-OH is 2. The van der Waals surface area contributed by atoms with Crippen molar-refractivity contribution < 1.29 is 37.3 Å². The van der Waals surface area contributed by atoms with Crippen molar-refractivity contribution in [1.82, 2.24) is 0 Å². The second kappa shape index (κ2) is 6.86. The fourth-order valence-corrected chi connectivity index (χ4v) is 1.71. The van der Waals surface area contributed by atoms with Crippen LogP contribution >= 0.6 is 0 Å². The molecule has 0 spiro atoms. The third kappa shape index (κ3) is 4.40. The fourth-order valence-electron chi connectivity index (χ4n) is 1.71. The molecule has 21 heavy (non-hydrogen) atoms. The van der Waals surface area contributed by atoms with E-state index in [-0.39, 0.29) is 6.61 Å². The van der Waals surface area contributed by atoms with E-state index in [9.17, 15) is 32.6 Å². The summed E-state index contributed by atoms with van der Waals surface area (Å²) in [5.74, 6) is -2.53. The van der Waals surface area contributed by atoms with E-state index < -0.39 is 47.7 Å². The Morgan fingerprint density at radius 3 is 2.48 bits per heavy atom. The average molecular weight is 310 g/mol. The van der Waals surface area contributed by atoms with Gasteiger partial charge in [-0.3, -0.25) is 4.79 Å². The summed E-state index contributed by atoms with van der Waals surface area (Å²) in [7, 11) is 0. The van der Waals surface area contributed by atoms with Crippen LogP contribution in [0.3, 0.4) is 0 Å². The SMILES string of the molecule is CCOC(=O)CC(O)C(O)c1cccc(C(F)(F)F)c1F. The quantitative estimate of drug-likeness (QED) is 0.646. The first-order chi connectivity index (χ1) is 9.68. The van der Waals surface area contributed by atoms with E-state index in [4.69, 9.17) is 0 Å². The number of alkyl halides is 3. The van der Waals surface area contributed by atoms with Crippen LogP contribution in [0.25, 0.3) is 0 Å². The van der Waals surface area contributed by atoms with Crippen LogP contribution in [0.2, 0.25) is 0 Å². The number of rotatable bonds is 5. The van der Waals surface area contributed by atoms with Gasteiger partial charge in [0.05, 0.1) is 24.7 Å². The molecule has 0 heterocycles. The van der Waals surface area contributed by atoms with E-state index in [1.54, 1.807) is 0 Å². The summed E-state index contributed by atoms with van der Waals surface area (Å²) in [6.45, 7) is 1.56. The Morgan fingerprint density at radius 1 is 1.33 bits per heavy atom. The first-order valence-corrected chi connectivity index (χ1v) is 6.05. The molecule has 1 rings (SSSR count). The number of benzene rings is 1. The molecule has 0 saturated heterocycles. The number of esters is 1. The highest BCUT2D eigenvalue weighted by molar-refractivity contribution is 5.70. The van der Waals surface area contributed by atoms with Gasteiger partial charge in [-0.1, -0.05) is 12.1 Å². The van der Waals surface area contributed by atoms with Gasteiger partial charge < -0.3 is 14.9 Å². The normalized spacial score (nSPS) is 14.6. The second-order valence-corrected chi connectivity index (χ2v) is 4.23. The van der Waals surface area contributed by atoms with E-state index in [2.05, 4.69) is 4.74 Å². The minimum absolute atomic E-state index is 0.0412. The van der Waals surface area contributed by atoms with Gasteiger partial charge in [0, 0.05) is 5.56 Å². The smallest absolute Gasteiger partial charge is 0.419 e.